The summed E-state index contributed by atoms with van der Waals surface area (Å²) >= 11 is 0. The normalized spacial score (nSPS) is 26.6. The fraction of sp³-hybridized carbons (Fsp3) is 0.500. The predicted octanol–water partition coefficient (Wildman–Crippen LogP) is 2.95. The van der Waals surface area contributed by atoms with Crippen molar-refractivity contribution >= 4 is 16.6 Å². The molecule has 0 spiro atoms. The smallest absolute Gasteiger partial charge is 0.0950 e. The second kappa shape index (κ2) is 5.37. The van der Waals surface area contributed by atoms with Crippen molar-refractivity contribution in [1.82, 2.24) is 10.2 Å². The molecule has 3 rings (SSSR count). The first kappa shape index (κ1) is 13.3. The van der Waals surface area contributed by atoms with Gasteiger partial charge in [-0.2, -0.15) is 10.2 Å². The van der Waals surface area contributed by atoms with E-state index < -0.39 is 0 Å². The van der Waals surface area contributed by atoms with Crippen molar-refractivity contribution in [2.45, 2.75) is 38.1 Å². The summed E-state index contributed by atoms with van der Waals surface area (Å²) in [6, 6.07) is 8.11. The summed E-state index contributed by atoms with van der Waals surface area (Å²) < 4.78 is 0. The summed E-state index contributed by atoms with van der Waals surface area (Å²) in [6.45, 7) is 2.96. The minimum atomic E-state index is -0.00987. The van der Waals surface area contributed by atoms with E-state index >= 15 is 0 Å². The van der Waals surface area contributed by atoms with E-state index in [-0.39, 0.29) is 5.54 Å². The Hall–Kier alpha value is -1.68. The maximum Gasteiger partial charge on any atom is 0.0950 e. The molecule has 1 saturated carbocycles. The Morgan fingerprint density at radius 1 is 1.35 bits per heavy atom. The SMILES string of the molecule is CC1CCCCC1(CN)Nc1cnnc2ccccc12. The highest BCUT2D eigenvalue weighted by Gasteiger charge is 2.37. The van der Waals surface area contributed by atoms with Crippen molar-refractivity contribution < 1.29 is 0 Å². The number of nitrogens with two attached hydrogens (primary N) is 1. The molecule has 0 bridgehead atoms. The summed E-state index contributed by atoms with van der Waals surface area (Å²) in [5.74, 6) is 0.577. The van der Waals surface area contributed by atoms with Crippen LogP contribution in [0.4, 0.5) is 5.69 Å². The maximum atomic E-state index is 6.12. The molecule has 3 N–H and O–H groups in total. The van der Waals surface area contributed by atoms with E-state index in [4.69, 9.17) is 5.73 Å². The lowest BCUT2D eigenvalue weighted by molar-refractivity contribution is 0.236. The first-order valence-corrected chi connectivity index (χ1v) is 7.44. The Balaban J connectivity index is 1.99. The van der Waals surface area contributed by atoms with Crippen molar-refractivity contribution in [2.75, 3.05) is 11.9 Å². The third-order valence-corrected chi connectivity index (χ3v) is 4.75. The van der Waals surface area contributed by atoms with Gasteiger partial charge >= 0.3 is 0 Å². The minimum Gasteiger partial charge on any atom is -0.376 e. The van der Waals surface area contributed by atoms with E-state index in [9.17, 15) is 0 Å². The van der Waals surface area contributed by atoms with Crippen LogP contribution in [0.2, 0.25) is 0 Å². The fourth-order valence-electron chi connectivity index (χ4n) is 3.33. The first-order chi connectivity index (χ1) is 9.75. The van der Waals surface area contributed by atoms with Crippen molar-refractivity contribution in [3.63, 3.8) is 0 Å². The Morgan fingerprint density at radius 3 is 3.00 bits per heavy atom. The first-order valence-electron chi connectivity index (χ1n) is 7.44. The van der Waals surface area contributed by atoms with E-state index in [1.54, 1.807) is 0 Å². The standard InChI is InChI=1S/C16H22N4/c1-12-6-4-5-9-16(12,11-17)19-15-10-18-20-14-8-3-2-7-13(14)15/h2-3,7-8,10,12H,4-6,9,11,17H2,1H3,(H,19,20). The summed E-state index contributed by atoms with van der Waals surface area (Å²) in [5.41, 5.74) is 8.09. The Morgan fingerprint density at radius 2 is 2.20 bits per heavy atom. The highest BCUT2D eigenvalue weighted by atomic mass is 15.1. The number of hydrogen-bond acceptors (Lipinski definition) is 4. The number of anilines is 1. The van der Waals surface area contributed by atoms with Crippen LogP contribution in [0, 0.1) is 5.92 Å². The number of nitrogens with one attached hydrogen (secondary N) is 1. The Bertz CT molecular complexity index is 593. The molecule has 1 fully saturated rings. The summed E-state index contributed by atoms with van der Waals surface area (Å²) in [4.78, 5) is 0. The number of aromatic nitrogens is 2. The van der Waals surface area contributed by atoms with Gasteiger partial charge in [-0.15, -0.1) is 0 Å². The van der Waals surface area contributed by atoms with Crippen molar-refractivity contribution in [3.05, 3.63) is 30.5 Å². The van der Waals surface area contributed by atoms with E-state index in [1.165, 1.54) is 19.3 Å². The van der Waals surface area contributed by atoms with Gasteiger partial charge in [0.15, 0.2) is 0 Å². The van der Waals surface area contributed by atoms with Gasteiger partial charge in [0.2, 0.25) is 0 Å². The summed E-state index contributed by atoms with van der Waals surface area (Å²) in [6.07, 6.45) is 6.73. The van der Waals surface area contributed by atoms with Crippen LogP contribution in [0.3, 0.4) is 0 Å². The fourth-order valence-corrected chi connectivity index (χ4v) is 3.33. The zero-order valence-corrected chi connectivity index (χ0v) is 12.0. The number of fused-ring (bicyclic) bond motifs is 1. The van der Waals surface area contributed by atoms with Crippen LogP contribution in [0.1, 0.15) is 32.6 Å². The molecule has 1 aromatic carbocycles. The van der Waals surface area contributed by atoms with E-state index in [0.717, 1.165) is 23.0 Å². The third kappa shape index (κ3) is 2.24. The molecule has 20 heavy (non-hydrogen) atoms. The van der Waals surface area contributed by atoms with Crippen LogP contribution in [-0.4, -0.2) is 22.3 Å². The molecular formula is C16H22N4. The lowest BCUT2D eigenvalue weighted by Gasteiger charge is -2.43. The van der Waals surface area contributed by atoms with Gasteiger partial charge in [0.25, 0.3) is 0 Å². The topological polar surface area (TPSA) is 63.8 Å². The molecule has 0 amide bonds. The van der Waals surface area contributed by atoms with E-state index in [0.29, 0.717) is 12.5 Å². The van der Waals surface area contributed by atoms with Gasteiger partial charge in [-0.05, 0) is 24.8 Å². The second-order valence-corrected chi connectivity index (χ2v) is 5.91. The third-order valence-electron chi connectivity index (χ3n) is 4.75. The highest BCUT2D eigenvalue weighted by Crippen LogP contribution is 2.36. The van der Waals surface area contributed by atoms with Crippen molar-refractivity contribution in [2.24, 2.45) is 11.7 Å². The molecule has 2 atom stereocenters. The zero-order valence-electron chi connectivity index (χ0n) is 12.0. The largest absolute Gasteiger partial charge is 0.376 e. The average molecular weight is 270 g/mol. The van der Waals surface area contributed by atoms with E-state index in [2.05, 4.69) is 28.5 Å². The molecule has 4 nitrogen and oxygen atoms in total. The molecule has 2 aromatic rings. The van der Waals surface area contributed by atoms with Crippen LogP contribution >= 0.6 is 0 Å². The minimum absolute atomic E-state index is 0.00987. The van der Waals surface area contributed by atoms with Crippen LogP contribution in [0.5, 0.6) is 0 Å². The molecule has 0 saturated heterocycles. The molecule has 2 unspecified atom stereocenters. The van der Waals surface area contributed by atoms with Crippen LogP contribution in [0.25, 0.3) is 10.9 Å². The average Bonchev–Trinajstić information content (AvgIpc) is 2.50. The lowest BCUT2D eigenvalue weighted by Crippen LogP contribution is -2.52. The van der Waals surface area contributed by atoms with Crippen LogP contribution in [0.15, 0.2) is 30.5 Å². The molecule has 0 aliphatic heterocycles. The Kier molecular flexibility index (Phi) is 3.57. The molecule has 1 aliphatic rings. The van der Waals surface area contributed by atoms with Gasteiger partial charge in [0.1, 0.15) is 0 Å². The van der Waals surface area contributed by atoms with Crippen molar-refractivity contribution in [3.8, 4) is 0 Å². The van der Waals surface area contributed by atoms with Gasteiger partial charge in [-0.1, -0.05) is 38.0 Å². The molecule has 0 radical (unpaired) electrons. The summed E-state index contributed by atoms with van der Waals surface area (Å²) in [5, 5.41) is 13.1. The molecule has 1 aromatic heterocycles. The molecular weight excluding hydrogens is 248 g/mol. The zero-order chi connectivity index (χ0) is 14.0. The number of nitrogens with zero attached hydrogens (tertiary/aromatic N) is 2. The number of rotatable bonds is 3. The monoisotopic (exact) mass is 270 g/mol. The maximum absolute atomic E-state index is 6.12. The summed E-state index contributed by atoms with van der Waals surface area (Å²) in [7, 11) is 0. The quantitative estimate of drug-likeness (QED) is 0.900. The van der Waals surface area contributed by atoms with Gasteiger partial charge in [-0.25, -0.2) is 0 Å². The predicted molar refractivity (Wildman–Crippen MR) is 82.6 cm³/mol. The van der Waals surface area contributed by atoms with E-state index in [1.807, 2.05) is 24.4 Å². The van der Waals surface area contributed by atoms with Crippen molar-refractivity contribution in [1.29, 1.82) is 0 Å². The molecule has 1 heterocycles. The molecule has 106 valence electrons. The molecule has 1 aliphatic carbocycles. The lowest BCUT2D eigenvalue weighted by atomic mass is 9.73. The number of hydrogen-bond donors (Lipinski definition) is 2. The van der Waals surface area contributed by atoms with Gasteiger partial charge < -0.3 is 11.1 Å². The highest BCUT2D eigenvalue weighted by molar-refractivity contribution is 5.90. The molecule has 4 heteroatoms. The van der Waals surface area contributed by atoms with Crippen LogP contribution < -0.4 is 11.1 Å². The van der Waals surface area contributed by atoms with Crippen LogP contribution in [-0.2, 0) is 0 Å². The van der Waals surface area contributed by atoms with Gasteiger partial charge in [0.05, 0.1) is 22.9 Å². The second-order valence-electron chi connectivity index (χ2n) is 5.91. The van der Waals surface area contributed by atoms with Gasteiger partial charge in [-0.3, -0.25) is 0 Å². The Labute approximate surface area is 119 Å². The van der Waals surface area contributed by atoms with Gasteiger partial charge in [0, 0.05) is 11.9 Å². The number of benzene rings is 1.